The molecular formula is C16H12Cl2N7NaO3S. The van der Waals surface area contributed by atoms with E-state index in [1.807, 2.05) is 19.1 Å². The maximum atomic E-state index is 11.5. The number of nitrogens with two attached hydrogens (primary N) is 1. The number of aromatic nitrogens is 3. The van der Waals surface area contributed by atoms with Gasteiger partial charge in [-0.25, -0.2) is 8.42 Å². The number of nitrogens with one attached hydrogen (secondary N) is 1. The number of halogens is 2. The van der Waals surface area contributed by atoms with Gasteiger partial charge in [-0.1, -0.05) is 17.7 Å². The summed E-state index contributed by atoms with van der Waals surface area (Å²) in [4.78, 5) is 10.7. The standard InChI is InChI=1S/C16H13Cl2N7O3S.Na/c1-8-2-4-9(5-3-8)24-25-12-7-13(29(26,27)28)10(19)6-11(12)20-16-22-14(17)21-15(18)23-16;/h2-7H,19H2,1H3,(H,26,27,28)(H,20,21,22,23);/q;+1/p-1. The van der Waals surface area contributed by atoms with Crippen LogP contribution in [0, 0.1) is 6.92 Å². The molecule has 0 saturated heterocycles. The van der Waals surface area contributed by atoms with Gasteiger partial charge in [-0.05, 0) is 54.4 Å². The zero-order valence-electron chi connectivity index (χ0n) is 15.7. The number of nitrogens with zero attached hydrogens (tertiary/aromatic N) is 5. The van der Waals surface area contributed by atoms with E-state index in [9.17, 15) is 13.0 Å². The van der Waals surface area contributed by atoms with Crippen molar-refractivity contribution in [3.63, 3.8) is 0 Å². The minimum atomic E-state index is -4.84. The summed E-state index contributed by atoms with van der Waals surface area (Å²) in [6, 6.07) is 9.31. The van der Waals surface area contributed by atoms with Gasteiger partial charge in [-0.3, -0.25) is 0 Å². The summed E-state index contributed by atoms with van der Waals surface area (Å²) in [6.07, 6.45) is 0. The molecule has 14 heteroatoms. The van der Waals surface area contributed by atoms with Gasteiger partial charge in [0.2, 0.25) is 16.5 Å². The minimum Gasteiger partial charge on any atom is -0.744 e. The van der Waals surface area contributed by atoms with Crippen LogP contribution in [-0.4, -0.2) is 27.9 Å². The summed E-state index contributed by atoms with van der Waals surface area (Å²) in [6.45, 7) is 1.92. The third-order valence-corrected chi connectivity index (χ3v) is 4.76. The molecule has 1 heterocycles. The minimum absolute atomic E-state index is 0. The molecule has 2 aromatic carbocycles. The van der Waals surface area contributed by atoms with Gasteiger partial charge in [0.15, 0.2) is 0 Å². The Balaban J connectivity index is 0.00000320. The second kappa shape index (κ2) is 9.96. The summed E-state index contributed by atoms with van der Waals surface area (Å²) < 4.78 is 34.4. The maximum absolute atomic E-state index is 11.5. The van der Waals surface area contributed by atoms with Crippen molar-refractivity contribution in [3.05, 3.63) is 52.5 Å². The van der Waals surface area contributed by atoms with Crippen LogP contribution in [0.25, 0.3) is 0 Å². The van der Waals surface area contributed by atoms with Crippen LogP contribution in [0.5, 0.6) is 0 Å². The number of nitrogen functional groups attached to an aromatic ring is 1. The van der Waals surface area contributed by atoms with Gasteiger partial charge in [0.05, 0.1) is 22.0 Å². The van der Waals surface area contributed by atoms with Gasteiger partial charge in [-0.15, -0.1) is 5.11 Å². The molecule has 0 radical (unpaired) electrons. The number of benzene rings is 2. The smallest absolute Gasteiger partial charge is 0.744 e. The first-order valence-corrected chi connectivity index (χ1v) is 10.00. The molecule has 0 bridgehead atoms. The van der Waals surface area contributed by atoms with Crippen LogP contribution in [0.1, 0.15) is 5.56 Å². The van der Waals surface area contributed by atoms with E-state index in [4.69, 9.17) is 28.9 Å². The Bertz CT molecular complexity index is 1190. The Morgan fingerprint density at radius 1 is 1.03 bits per heavy atom. The molecule has 0 atom stereocenters. The molecule has 0 aliphatic rings. The van der Waals surface area contributed by atoms with Crippen LogP contribution in [0.4, 0.5) is 28.7 Å². The maximum Gasteiger partial charge on any atom is 1.00 e. The third kappa shape index (κ3) is 6.32. The van der Waals surface area contributed by atoms with Crippen molar-refractivity contribution < 1.29 is 42.5 Å². The zero-order chi connectivity index (χ0) is 21.2. The summed E-state index contributed by atoms with van der Waals surface area (Å²) in [5.41, 5.74) is 7.14. The average Bonchev–Trinajstić information content (AvgIpc) is 2.60. The largest absolute Gasteiger partial charge is 1.00 e. The van der Waals surface area contributed by atoms with Crippen molar-refractivity contribution in [2.24, 2.45) is 10.2 Å². The molecule has 0 unspecified atom stereocenters. The fourth-order valence-corrected chi connectivity index (χ4v) is 3.18. The monoisotopic (exact) mass is 475 g/mol. The molecule has 10 nitrogen and oxygen atoms in total. The van der Waals surface area contributed by atoms with E-state index in [0.717, 1.165) is 11.6 Å². The van der Waals surface area contributed by atoms with E-state index in [1.165, 1.54) is 6.07 Å². The molecule has 0 aliphatic heterocycles. The zero-order valence-corrected chi connectivity index (χ0v) is 20.0. The summed E-state index contributed by atoms with van der Waals surface area (Å²) in [7, 11) is -4.84. The van der Waals surface area contributed by atoms with Crippen LogP contribution in [0.2, 0.25) is 10.6 Å². The summed E-state index contributed by atoms with van der Waals surface area (Å²) >= 11 is 11.5. The van der Waals surface area contributed by atoms with Gasteiger partial charge in [-0.2, -0.15) is 20.1 Å². The predicted molar refractivity (Wildman–Crippen MR) is 107 cm³/mol. The van der Waals surface area contributed by atoms with E-state index >= 15 is 0 Å². The molecule has 3 aromatic rings. The van der Waals surface area contributed by atoms with E-state index in [0.29, 0.717) is 5.69 Å². The second-order valence-corrected chi connectivity index (χ2v) is 7.74. The molecule has 0 fully saturated rings. The number of rotatable bonds is 5. The predicted octanol–water partition coefficient (Wildman–Crippen LogP) is 1.14. The second-order valence-electron chi connectivity index (χ2n) is 5.72. The number of hydrogen-bond acceptors (Lipinski definition) is 10. The first-order valence-electron chi connectivity index (χ1n) is 7.84. The summed E-state index contributed by atoms with van der Waals surface area (Å²) in [5.74, 6) is -0.0427. The Hall–Kier alpha value is -1.86. The van der Waals surface area contributed by atoms with Crippen LogP contribution in [0.3, 0.4) is 0 Å². The van der Waals surface area contributed by atoms with Crippen LogP contribution in [-0.2, 0) is 10.1 Å². The van der Waals surface area contributed by atoms with Crippen molar-refractivity contribution in [1.29, 1.82) is 0 Å². The van der Waals surface area contributed by atoms with Crippen LogP contribution in [0.15, 0.2) is 51.5 Å². The number of hydrogen-bond donors (Lipinski definition) is 2. The van der Waals surface area contributed by atoms with E-state index in [1.54, 1.807) is 12.1 Å². The molecule has 3 rings (SSSR count). The molecule has 150 valence electrons. The molecule has 30 heavy (non-hydrogen) atoms. The topological polar surface area (TPSA) is 159 Å². The first-order chi connectivity index (χ1) is 13.6. The Morgan fingerprint density at radius 2 is 1.63 bits per heavy atom. The van der Waals surface area contributed by atoms with E-state index < -0.39 is 15.0 Å². The molecular weight excluding hydrogens is 464 g/mol. The van der Waals surface area contributed by atoms with E-state index in [2.05, 4.69) is 30.5 Å². The fourth-order valence-electron chi connectivity index (χ4n) is 2.21. The average molecular weight is 476 g/mol. The Morgan fingerprint density at radius 3 is 2.20 bits per heavy atom. The van der Waals surface area contributed by atoms with Gasteiger partial charge in [0.25, 0.3) is 0 Å². The molecule has 0 saturated carbocycles. The van der Waals surface area contributed by atoms with Crippen LogP contribution >= 0.6 is 23.2 Å². The molecule has 1 aromatic heterocycles. The normalized spacial score (nSPS) is 11.3. The van der Waals surface area contributed by atoms with Gasteiger partial charge in [0.1, 0.15) is 15.8 Å². The molecule has 0 amide bonds. The Kier molecular flexibility index (Phi) is 8.11. The molecule has 0 aliphatic carbocycles. The number of azo groups is 1. The quantitative estimate of drug-likeness (QED) is 0.240. The SMILES string of the molecule is Cc1ccc(N=Nc2cc(S(=O)(=O)[O-])c(N)cc2Nc2nc(Cl)nc(Cl)n2)cc1.[Na+]. The summed E-state index contributed by atoms with van der Waals surface area (Å²) in [5, 5.41) is 10.5. The number of anilines is 3. The Labute approximate surface area is 204 Å². The van der Waals surface area contributed by atoms with Gasteiger partial charge < -0.3 is 15.6 Å². The number of aryl methyl sites for hydroxylation is 1. The van der Waals surface area contributed by atoms with Crippen molar-refractivity contribution in [2.75, 3.05) is 11.1 Å². The first kappa shape index (κ1) is 24.4. The van der Waals surface area contributed by atoms with Crippen LogP contribution < -0.4 is 40.6 Å². The van der Waals surface area contributed by atoms with E-state index in [-0.39, 0.29) is 63.1 Å². The van der Waals surface area contributed by atoms with Crippen molar-refractivity contribution >= 4 is 62.0 Å². The molecule has 3 N–H and O–H groups in total. The molecule has 0 spiro atoms. The van der Waals surface area contributed by atoms with Gasteiger partial charge >= 0.3 is 29.6 Å². The fraction of sp³-hybridized carbons (Fsp3) is 0.0625. The van der Waals surface area contributed by atoms with Crippen molar-refractivity contribution in [3.8, 4) is 0 Å². The third-order valence-electron chi connectivity index (χ3n) is 3.53. The van der Waals surface area contributed by atoms with Gasteiger partial charge in [0, 0.05) is 0 Å². The van der Waals surface area contributed by atoms with Crippen molar-refractivity contribution in [2.45, 2.75) is 11.8 Å². The van der Waals surface area contributed by atoms with Crippen molar-refractivity contribution in [1.82, 2.24) is 15.0 Å².